The van der Waals surface area contributed by atoms with Crippen LogP contribution in [-0.4, -0.2) is 5.78 Å². The van der Waals surface area contributed by atoms with Crippen molar-refractivity contribution in [3.05, 3.63) is 75.9 Å². The number of carbonyl (C=O) groups is 1. The summed E-state index contributed by atoms with van der Waals surface area (Å²) in [6.45, 7) is 14.4. The van der Waals surface area contributed by atoms with Crippen molar-refractivity contribution in [3.63, 3.8) is 0 Å². The minimum absolute atomic E-state index is 0.241. The summed E-state index contributed by atoms with van der Waals surface area (Å²) in [5.41, 5.74) is 10.7. The molecule has 0 spiro atoms. The molecule has 0 N–H and O–H groups in total. The zero-order valence-corrected chi connectivity index (χ0v) is 17.7. The van der Waals surface area contributed by atoms with Crippen LogP contribution in [0.2, 0.25) is 0 Å². The first kappa shape index (κ1) is 21.2. The molecule has 1 aliphatic carbocycles. The second kappa shape index (κ2) is 9.69. The van der Waals surface area contributed by atoms with Crippen molar-refractivity contribution >= 4 is 11.4 Å². The Morgan fingerprint density at radius 1 is 1.11 bits per heavy atom. The van der Waals surface area contributed by atoms with Crippen LogP contribution in [0.3, 0.4) is 0 Å². The van der Waals surface area contributed by atoms with Gasteiger partial charge in [-0.15, -0.1) is 0 Å². The van der Waals surface area contributed by atoms with Crippen LogP contribution in [0.15, 0.2) is 53.7 Å². The van der Waals surface area contributed by atoms with Crippen LogP contribution in [0.5, 0.6) is 0 Å². The third-order valence-corrected chi connectivity index (χ3v) is 5.20. The summed E-state index contributed by atoms with van der Waals surface area (Å²) in [5.74, 6) is 0.241. The van der Waals surface area contributed by atoms with E-state index in [1.54, 1.807) is 6.92 Å². The van der Waals surface area contributed by atoms with E-state index in [9.17, 15) is 4.79 Å². The molecular weight excluding hydrogens is 328 g/mol. The van der Waals surface area contributed by atoms with Gasteiger partial charge in [0.15, 0.2) is 0 Å². The molecule has 0 bridgehead atoms. The van der Waals surface area contributed by atoms with Gasteiger partial charge in [0.25, 0.3) is 0 Å². The molecule has 0 atom stereocenters. The fourth-order valence-electron chi connectivity index (χ4n) is 3.82. The minimum Gasteiger partial charge on any atom is -0.300 e. The Bertz CT molecular complexity index is 811. The molecule has 0 saturated carbocycles. The van der Waals surface area contributed by atoms with Gasteiger partial charge in [-0.1, -0.05) is 61.4 Å². The second-order valence-electron chi connectivity index (χ2n) is 8.01. The molecule has 0 amide bonds. The molecule has 0 radical (unpaired) electrons. The van der Waals surface area contributed by atoms with Crippen molar-refractivity contribution in [2.45, 2.75) is 73.1 Å². The van der Waals surface area contributed by atoms with Gasteiger partial charge < -0.3 is 0 Å². The number of allylic oxidation sites excluding steroid dienone is 7. The van der Waals surface area contributed by atoms with E-state index >= 15 is 0 Å². The number of ketones is 1. The Kier molecular flexibility index (Phi) is 7.59. The molecule has 0 fully saturated rings. The van der Waals surface area contributed by atoms with Crippen molar-refractivity contribution in [1.82, 2.24) is 0 Å². The topological polar surface area (TPSA) is 17.1 Å². The van der Waals surface area contributed by atoms with Gasteiger partial charge in [0.05, 0.1) is 0 Å². The summed E-state index contributed by atoms with van der Waals surface area (Å²) in [6, 6.07) is 4.53. The van der Waals surface area contributed by atoms with Crippen molar-refractivity contribution in [3.8, 4) is 0 Å². The monoisotopic (exact) mass is 362 g/mol. The molecule has 1 aromatic rings. The lowest BCUT2D eigenvalue weighted by atomic mass is 9.88. The van der Waals surface area contributed by atoms with Crippen LogP contribution in [0.1, 0.15) is 76.1 Å². The highest BCUT2D eigenvalue weighted by atomic mass is 16.1. The van der Waals surface area contributed by atoms with Gasteiger partial charge in [0, 0.05) is 6.42 Å². The maximum Gasteiger partial charge on any atom is 0.134 e. The van der Waals surface area contributed by atoms with Gasteiger partial charge in [-0.3, -0.25) is 4.79 Å². The van der Waals surface area contributed by atoms with E-state index in [0.717, 1.165) is 37.7 Å². The van der Waals surface area contributed by atoms with Crippen molar-refractivity contribution < 1.29 is 4.79 Å². The molecule has 27 heavy (non-hydrogen) atoms. The molecule has 0 unspecified atom stereocenters. The van der Waals surface area contributed by atoms with E-state index in [0.29, 0.717) is 6.42 Å². The zero-order valence-electron chi connectivity index (χ0n) is 17.7. The van der Waals surface area contributed by atoms with Gasteiger partial charge in [0.1, 0.15) is 5.78 Å². The van der Waals surface area contributed by atoms with Crippen LogP contribution in [0, 0.1) is 0 Å². The third-order valence-electron chi connectivity index (χ3n) is 5.20. The number of aryl methyl sites for hydroxylation is 1. The predicted molar refractivity (Wildman–Crippen MR) is 118 cm³/mol. The number of benzene rings is 1. The highest BCUT2D eigenvalue weighted by Crippen LogP contribution is 2.35. The number of hydrogen-bond donors (Lipinski definition) is 0. The lowest BCUT2D eigenvalue weighted by Gasteiger charge is -2.16. The van der Waals surface area contributed by atoms with E-state index in [1.165, 1.54) is 39.0 Å². The van der Waals surface area contributed by atoms with Gasteiger partial charge in [0.2, 0.25) is 0 Å². The Hall–Kier alpha value is -2.15. The lowest BCUT2D eigenvalue weighted by Crippen LogP contribution is -2.03. The normalized spacial score (nSPS) is 13.2. The minimum atomic E-state index is 0.241. The Labute approximate surface area is 165 Å². The first-order chi connectivity index (χ1) is 12.8. The largest absolute Gasteiger partial charge is 0.300 e. The first-order valence-corrected chi connectivity index (χ1v) is 10.2. The fourth-order valence-corrected chi connectivity index (χ4v) is 3.82. The van der Waals surface area contributed by atoms with Gasteiger partial charge >= 0.3 is 0 Å². The highest BCUT2D eigenvalue weighted by Gasteiger charge is 2.20. The summed E-state index contributed by atoms with van der Waals surface area (Å²) in [5, 5.41) is 0. The zero-order chi connectivity index (χ0) is 20.0. The van der Waals surface area contributed by atoms with Crippen molar-refractivity contribution in [1.29, 1.82) is 0 Å². The second-order valence-corrected chi connectivity index (χ2v) is 8.01. The summed E-state index contributed by atoms with van der Waals surface area (Å²) >= 11 is 0. The van der Waals surface area contributed by atoms with Crippen LogP contribution >= 0.6 is 0 Å². The van der Waals surface area contributed by atoms with Crippen molar-refractivity contribution in [2.75, 3.05) is 0 Å². The van der Waals surface area contributed by atoms with Crippen LogP contribution < -0.4 is 0 Å². The molecule has 0 aliphatic heterocycles. The lowest BCUT2D eigenvalue weighted by molar-refractivity contribution is -0.116. The number of carbonyl (C=O) groups excluding carboxylic acids is 1. The fraction of sp³-hybridized carbons (Fsp3) is 0.423. The SMILES string of the molecule is C=C(C)/C(=C\C=C(C)C)CCc1ccc2c(c1CCC)CC=C2CC(C)=O. The Balaban J connectivity index is 2.28. The standard InChI is InChI=1S/C26H34O/c1-7-8-24-22(12-11-21(19(4)5)10-9-18(2)3)13-15-25-23(17-20(6)27)14-16-26(24)25/h9-10,13-15H,4,7-8,11-12,16-17H2,1-3,5-6H3/b21-10-. The average molecular weight is 363 g/mol. The van der Waals surface area contributed by atoms with Crippen LogP contribution in [0.4, 0.5) is 0 Å². The van der Waals surface area contributed by atoms with Gasteiger partial charge in [-0.25, -0.2) is 0 Å². The molecule has 2 rings (SSSR count). The van der Waals surface area contributed by atoms with Crippen LogP contribution in [0.25, 0.3) is 5.57 Å². The van der Waals surface area contributed by atoms with Crippen LogP contribution in [-0.2, 0) is 24.1 Å². The van der Waals surface area contributed by atoms with Gasteiger partial charge in [-0.2, -0.15) is 0 Å². The number of hydrogen-bond acceptors (Lipinski definition) is 1. The number of rotatable bonds is 9. The molecule has 144 valence electrons. The van der Waals surface area contributed by atoms with E-state index in [1.807, 2.05) is 0 Å². The molecule has 1 aliphatic rings. The Morgan fingerprint density at radius 3 is 2.44 bits per heavy atom. The molecular formula is C26H34O. The molecule has 1 nitrogen and oxygen atoms in total. The molecule has 0 heterocycles. The number of Topliss-reactive ketones (excluding diaryl/α,β-unsaturated/α-hetero) is 1. The average Bonchev–Trinajstić information content (AvgIpc) is 2.98. The molecule has 1 aromatic carbocycles. The predicted octanol–water partition coefficient (Wildman–Crippen LogP) is 6.96. The molecule has 0 saturated heterocycles. The maximum atomic E-state index is 11.6. The summed E-state index contributed by atoms with van der Waals surface area (Å²) < 4.78 is 0. The maximum absolute atomic E-state index is 11.6. The smallest absolute Gasteiger partial charge is 0.134 e. The Morgan fingerprint density at radius 2 is 1.85 bits per heavy atom. The third kappa shape index (κ3) is 5.66. The first-order valence-electron chi connectivity index (χ1n) is 10.2. The summed E-state index contributed by atoms with van der Waals surface area (Å²) in [6.07, 6.45) is 12.5. The van der Waals surface area contributed by atoms with E-state index in [4.69, 9.17) is 0 Å². The molecule has 1 heteroatoms. The van der Waals surface area contributed by atoms with E-state index < -0.39 is 0 Å². The van der Waals surface area contributed by atoms with E-state index in [2.05, 4.69) is 64.6 Å². The van der Waals surface area contributed by atoms with Gasteiger partial charge in [-0.05, 0) is 86.8 Å². The number of fused-ring (bicyclic) bond motifs is 1. The highest BCUT2D eigenvalue weighted by molar-refractivity contribution is 5.91. The van der Waals surface area contributed by atoms with E-state index in [-0.39, 0.29) is 5.78 Å². The molecule has 0 aromatic heterocycles. The summed E-state index contributed by atoms with van der Waals surface area (Å²) in [4.78, 5) is 11.6. The summed E-state index contributed by atoms with van der Waals surface area (Å²) in [7, 11) is 0. The van der Waals surface area contributed by atoms with Crippen molar-refractivity contribution in [2.24, 2.45) is 0 Å². The quantitative estimate of drug-likeness (QED) is 0.434.